The summed E-state index contributed by atoms with van der Waals surface area (Å²) in [6, 6.07) is 17.9. The number of unbranched alkanes of at least 4 members (excludes halogenated alkanes) is 1. The summed E-state index contributed by atoms with van der Waals surface area (Å²) in [5.74, 6) is 2.13. The lowest BCUT2D eigenvalue weighted by molar-refractivity contribution is 0.309. The Morgan fingerprint density at radius 1 is 1.00 bits per heavy atom. The maximum absolute atomic E-state index is 6.40. The molecule has 0 bridgehead atoms. The number of ether oxygens (including phenoxy) is 1. The van der Waals surface area contributed by atoms with Crippen molar-refractivity contribution in [3.05, 3.63) is 60.9 Å². The van der Waals surface area contributed by atoms with Gasteiger partial charge in [0, 0.05) is 17.9 Å². The van der Waals surface area contributed by atoms with Crippen LogP contribution < -0.4 is 20.7 Å². The van der Waals surface area contributed by atoms with Crippen LogP contribution in [0.2, 0.25) is 0 Å². The monoisotopic (exact) mass is 377 g/mol. The maximum atomic E-state index is 6.40. The third-order valence-corrected chi connectivity index (χ3v) is 4.39. The van der Waals surface area contributed by atoms with Gasteiger partial charge in [0.1, 0.15) is 17.8 Å². The third kappa shape index (κ3) is 4.71. The van der Waals surface area contributed by atoms with Gasteiger partial charge in [0.2, 0.25) is 0 Å². The van der Waals surface area contributed by atoms with E-state index in [9.17, 15) is 0 Å². The summed E-state index contributed by atoms with van der Waals surface area (Å²) in [6.45, 7) is 5.69. The highest BCUT2D eigenvalue weighted by molar-refractivity contribution is 5.81. The summed E-state index contributed by atoms with van der Waals surface area (Å²) in [4.78, 5) is 10.8. The minimum atomic E-state index is 0.511. The predicted octanol–water partition coefficient (Wildman–Crippen LogP) is 5.14. The Balaban J connectivity index is 1.77. The Bertz CT molecular complexity index is 868. The zero-order valence-electron chi connectivity index (χ0n) is 16.4. The molecule has 0 fully saturated rings. The number of nitrogens with one attached hydrogen (secondary N) is 1. The SMILES string of the molecule is CCCCOc1ccc(Nc2ncnc(N(CC)c3ccccc3)c2N)cc1. The average molecular weight is 377 g/mol. The number of nitrogens with zero attached hydrogens (tertiary/aromatic N) is 3. The Hall–Kier alpha value is -3.28. The average Bonchev–Trinajstić information content (AvgIpc) is 2.73. The molecule has 28 heavy (non-hydrogen) atoms. The number of para-hydroxylation sites is 1. The third-order valence-electron chi connectivity index (χ3n) is 4.39. The molecule has 0 spiro atoms. The van der Waals surface area contributed by atoms with Crippen molar-refractivity contribution in [2.24, 2.45) is 0 Å². The molecule has 1 aromatic heterocycles. The van der Waals surface area contributed by atoms with E-state index in [4.69, 9.17) is 10.5 Å². The lowest BCUT2D eigenvalue weighted by Crippen LogP contribution is -2.19. The predicted molar refractivity (Wildman–Crippen MR) is 116 cm³/mol. The molecule has 0 atom stereocenters. The lowest BCUT2D eigenvalue weighted by Gasteiger charge is -2.24. The molecule has 146 valence electrons. The number of nitrogen functional groups attached to an aromatic ring is 1. The molecule has 3 aromatic rings. The highest BCUT2D eigenvalue weighted by Gasteiger charge is 2.15. The van der Waals surface area contributed by atoms with Gasteiger partial charge in [-0.1, -0.05) is 31.5 Å². The van der Waals surface area contributed by atoms with Crippen LogP contribution in [0.25, 0.3) is 0 Å². The summed E-state index contributed by atoms with van der Waals surface area (Å²) in [7, 11) is 0. The molecule has 0 amide bonds. The summed E-state index contributed by atoms with van der Waals surface area (Å²) in [6.07, 6.45) is 3.70. The van der Waals surface area contributed by atoms with Crippen LogP contribution in [0.3, 0.4) is 0 Å². The lowest BCUT2D eigenvalue weighted by atomic mass is 10.2. The molecule has 0 aliphatic carbocycles. The van der Waals surface area contributed by atoms with Crippen LogP contribution in [0.15, 0.2) is 60.9 Å². The second-order valence-corrected chi connectivity index (χ2v) is 6.39. The smallest absolute Gasteiger partial charge is 0.161 e. The van der Waals surface area contributed by atoms with Crippen molar-refractivity contribution in [1.29, 1.82) is 0 Å². The Labute approximate surface area is 166 Å². The molecular weight excluding hydrogens is 350 g/mol. The molecule has 0 saturated heterocycles. The molecule has 6 nitrogen and oxygen atoms in total. The molecule has 3 rings (SSSR count). The summed E-state index contributed by atoms with van der Waals surface area (Å²) in [5, 5.41) is 3.28. The summed E-state index contributed by atoms with van der Waals surface area (Å²) >= 11 is 0. The van der Waals surface area contributed by atoms with Crippen molar-refractivity contribution in [2.75, 3.05) is 29.1 Å². The number of benzene rings is 2. The van der Waals surface area contributed by atoms with Gasteiger partial charge >= 0.3 is 0 Å². The highest BCUT2D eigenvalue weighted by Crippen LogP contribution is 2.32. The quantitative estimate of drug-likeness (QED) is 0.503. The van der Waals surface area contributed by atoms with Gasteiger partial charge in [0.25, 0.3) is 0 Å². The summed E-state index contributed by atoms with van der Waals surface area (Å²) in [5.41, 5.74) is 8.84. The number of hydrogen-bond donors (Lipinski definition) is 2. The fraction of sp³-hybridized carbons (Fsp3) is 0.273. The molecule has 6 heteroatoms. The standard InChI is InChI=1S/C22H27N5O/c1-3-5-15-28-19-13-11-17(12-14-19)26-21-20(23)22(25-16-24-21)27(4-2)18-9-7-6-8-10-18/h6-14,16H,3-5,15,23H2,1-2H3,(H,24,25,26). The highest BCUT2D eigenvalue weighted by atomic mass is 16.5. The van der Waals surface area contributed by atoms with E-state index in [1.54, 1.807) is 0 Å². The van der Waals surface area contributed by atoms with E-state index in [1.165, 1.54) is 6.33 Å². The van der Waals surface area contributed by atoms with Gasteiger partial charge in [0.05, 0.1) is 6.61 Å². The fourth-order valence-corrected chi connectivity index (χ4v) is 2.87. The van der Waals surface area contributed by atoms with Gasteiger partial charge in [-0.3, -0.25) is 0 Å². The minimum absolute atomic E-state index is 0.511. The number of rotatable bonds is 9. The normalized spacial score (nSPS) is 10.5. The molecule has 1 heterocycles. The van der Waals surface area contributed by atoms with E-state index in [-0.39, 0.29) is 0 Å². The van der Waals surface area contributed by atoms with E-state index in [0.717, 1.165) is 43.1 Å². The fourth-order valence-electron chi connectivity index (χ4n) is 2.87. The first kappa shape index (κ1) is 19.5. The van der Waals surface area contributed by atoms with E-state index in [2.05, 4.69) is 34.0 Å². The molecule has 0 aliphatic rings. The van der Waals surface area contributed by atoms with Crippen LogP contribution >= 0.6 is 0 Å². The molecule has 3 N–H and O–H groups in total. The van der Waals surface area contributed by atoms with Gasteiger partial charge in [-0.25, -0.2) is 9.97 Å². The first-order valence-electron chi connectivity index (χ1n) is 9.65. The van der Waals surface area contributed by atoms with Crippen LogP contribution in [0, 0.1) is 0 Å². The van der Waals surface area contributed by atoms with E-state index < -0.39 is 0 Å². The number of anilines is 5. The number of aromatic nitrogens is 2. The second kappa shape index (κ2) is 9.60. The molecular formula is C22H27N5O. The van der Waals surface area contributed by atoms with Crippen LogP contribution in [0.1, 0.15) is 26.7 Å². The minimum Gasteiger partial charge on any atom is -0.494 e. The molecule has 2 aromatic carbocycles. The topological polar surface area (TPSA) is 76.3 Å². The van der Waals surface area contributed by atoms with E-state index >= 15 is 0 Å². The zero-order chi connectivity index (χ0) is 19.8. The van der Waals surface area contributed by atoms with Gasteiger partial charge in [-0.15, -0.1) is 0 Å². The van der Waals surface area contributed by atoms with Gasteiger partial charge < -0.3 is 20.7 Å². The maximum Gasteiger partial charge on any atom is 0.161 e. The van der Waals surface area contributed by atoms with E-state index in [1.807, 2.05) is 54.6 Å². The van der Waals surface area contributed by atoms with E-state index in [0.29, 0.717) is 17.3 Å². The molecule has 0 unspecified atom stereocenters. The van der Waals surface area contributed by atoms with Crippen molar-refractivity contribution in [1.82, 2.24) is 9.97 Å². The van der Waals surface area contributed by atoms with Gasteiger partial charge in [-0.2, -0.15) is 0 Å². The van der Waals surface area contributed by atoms with Crippen molar-refractivity contribution in [2.45, 2.75) is 26.7 Å². The van der Waals surface area contributed by atoms with Crippen molar-refractivity contribution < 1.29 is 4.74 Å². The molecule has 0 saturated carbocycles. The molecule has 0 radical (unpaired) electrons. The van der Waals surface area contributed by atoms with Crippen LogP contribution in [0.5, 0.6) is 5.75 Å². The van der Waals surface area contributed by atoms with Crippen molar-refractivity contribution >= 4 is 28.7 Å². The van der Waals surface area contributed by atoms with Crippen LogP contribution in [0.4, 0.5) is 28.7 Å². The first-order chi connectivity index (χ1) is 13.7. The Morgan fingerprint density at radius 3 is 2.43 bits per heavy atom. The van der Waals surface area contributed by atoms with Crippen molar-refractivity contribution in [3.63, 3.8) is 0 Å². The number of nitrogens with two attached hydrogens (primary N) is 1. The zero-order valence-corrected chi connectivity index (χ0v) is 16.4. The van der Waals surface area contributed by atoms with Crippen molar-refractivity contribution in [3.8, 4) is 5.75 Å². The molecule has 0 aliphatic heterocycles. The second-order valence-electron chi connectivity index (χ2n) is 6.39. The number of hydrogen-bond acceptors (Lipinski definition) is 6. The largest absolute Gasteiger partial charge is 0.494 e. The first-order valence-corrected chi connectivity index (χ1v) is 9.65. The Kier molecular flexibility index (Phi) is 6.68. The van der Waals surface area contributed by atoms with Crippen LogP contribution in [-0.2, 0) is 0 Å². The Morgan fingerprint density at radius 2 is 1.75 bits per heavy atom. The van der Waals surface area contributed by atoms with Crippen LogP contribution in [-0.4, -0.2) is 23.1 Å². The summed E-state index contributed by atoms with van der Waals surface area (Å²) < 4.78 is 5.70. The van der Waals surface area contributed by atoms with Gasteiger partial charge in [0.15, 0.2) is 11.6 Å². The van der Waals surface area contributed by atoms with Gasteiger partial charge in [-0.05, 0) is 49.7 Å².